The summed E-state index contributed by atoms with van der Waals surface area (Å²) in [6, 6.07) is 9.74. The number of hydrogen-bond donors (Lipinski definition) is 2. The predicted molar refractivity (Wildman–Crippen MR) is 83.7 cm³/mol. The summed E-state index contributed by atoms with van der Waals surface area (Å²) in [5, 5.41) is 6.07. The Kier molecular flexibility index (Phi) is 4.87. The molecule has 1 aromatic heterocycles. The largest absolute Gasteiger partial charge is 0.348 e. The van der Waals surface area contributed by atoms with Gasteiger partial charge in [-0.3, -0.25) is 4.79 Å². The van der Waals surface area contributed by atoms with Crippen molar-refractivity contribution in [3.8, 4) is 0 Å². The van der Waals surface area contributed by atoms with Crippen molar-refractivity contribution < 1.29 is 4.79 Å². The maximum Gasteiger partial charge on any atom is 0.270 e. The Hall–Kier alpha value is -2.43. The molecule has 1 aromatic carbocycles. The second-order valence-electron chi connectivity index (χ2n) is 5.07. The molecule has 1 atom stereocenters. The summed E-state index contributed by atoms with van der Waals surface area (Å²) < 4.78 is 0. The Balaban J connectivity index is 2.12. The van der Waals surface area contributed by atoms with Gasteiger partial charge in [0.1, 0.15) is 17.8 Å². The van der Waals surface area contributed by atoms with E-state index in [1.165, 1.54) is 6.33 Å². The van der Waals surface area contributed by atoms with E-state index in [1.807, 2.05) is 45.0 Å². The molecule has 21 heavy (non-hydrogen) atoms. The molecule has 5 heteroatoms. The molecule has 0 radical (unpaired) electrons. The van der Waals surface area contributed by atoms with Gasteiger partial charge in [0.2, 0.25) is 0 Å². The van der Waals surface area contributed by atoms with Gasteiger partial charge in [-0.25, -0.2) is 9.97 Å². The second-order valence-corrected chi connectivity index (χ2v) is 5.07. The summed E-state index contributed by atoms with van der Waals surface area (Å²) in [4.78, 5) is 20.2. The molecule has 2 rings (SSSR count). The number of aryl methyl sites for hydroxylation is 1. The number of nitrogens with one attached hydrogen (secondary N) is 2. The summed E-state index contributed by atoms with van der Waals surface area (Å²) in [6.07, 6.45) is 2.27. The zero-order valence-electron chi connectivity index (χ0n) is 12.6. The number of aromatic nitrogens is 2. The van der Waals surface area contributed by atoms with Crippen molar-refractivity contribution in [2.75, 3.05) is 5.32 Å². The second kappa shape index (κ2) is 6.83. The van der Waals surface area contributed by atoms with E-state index in [0.717, 1.165) is 17.7 Å². The molecule has 0 aliphatic heterocycles. The van der Waals surface area contributed by atoms with Crippen LogP contribution < -0.4 is 10.6 Å². The van der Waals surface area contributed by atoms with Gasteiger partial charge in [-0.2, -0.15) is 0 Å². The zero-order chi connectivity index (χ0) is 15.2. The molecule has 1 unspecified atom stereocenters. The topological polar surface area (TPSA) is 66.9 Å². The van der Waals surface area contributed by atoms with Crippen LogP contribution in [0.5, 0.6) is 0 Å². The summed E-state index contributed by atoms with van der Waals surface area (Å²) in [5.74, 6) is 0.420. The first-order chi connectivity index (χ1) is 10.1. The van der Waals surface area contributed by atoms with E-state index in [9.17, 15) is 4.79 Å². The van der Waals surface area contributed by atoms with Crippen molar-refractivity contribution in [2.24, 2.45) is 0 Å². The van der Waals surface area contributed by atoms with Gasteiger partial charge in [-0.1, -0.05) is 19.1 Å². The van der Waals surface area contributed by atoms with Crippen LogP contribution in [0.4, 0.5) is 11.5 Å². The van der Waals surface area contributed by atoms with Gasteiger partial charge >= 0.3 is 0 Å². The van der Waals surface area contributed by atoms with Gasteiger partial charge in [0.05, 0.1) is 0 Å². The third kappa shape index (κ3) is 4.27. The first-order valence-electron chi connectivity index (χ1n) is 7.05. The fraction of sp³-hybridized carbons (Fsp3) is 0.312. The Morgan fingerprint density at radius 2 is 2.10 bits per heavy atom. The number of hydrogen-bond acceptors (Lipinski definition) is 4. The molecule has 1 amide bonds. The molecule has 0 aliphatic carbocycles. The first-order valence-corrected chi connectivity index (χ1v) is 7.05. The summed E-state index contributed by atoms with van der Waals surface area (Å²) in [5.41, 5.74) is 2.45. The molecular formula is C16H20N4O. The van der Waals surface area contributed by atoms with E-state index in [-0.39, 0.29) is 11.9 Å². The number of amides is 1. The quantitative estimate of drug-likeness (QED) is 0.885. The maximum absolute atomic E-state index is 12.0. The molecule has 2 aromatic rings. The van der Waals surface area contributed by atoms with E-state index in [1.54, 1.807) is 6.07 Å². The fourth-order valence-corrected chi connectivity index (χ4v) is 1.82. The standard InChI is InChI=1S/C16H20N4O/c1-4-12(3)19-16(21)14-9-15(18-10-17-14)20-13-7-5-6-11(2)8-13/h5-10,12H,4H2,1-3H3,(H,19,21)(H,17,18,20). The van der Waals surface area contributed by atoms with Crippen molar-refractivity contribution in [1.29, 1.82) is 0 Å². The van der Waals surface area contributed by atoms with Crippen molar-refractivity contribution in [3.05, 3.63) is 47.9 Å². The number of nitrogens with zero attached hydrogens (tertiary/aromatic N) is 2. The number of carbonyl (C=O) groups is 1. The lowest BCUT2D eigenvalue weighted by atomic mass is 10.2. The SMILES string of the molecule is CCC(C)NC(=O)c1cc(Nc2cccc(C)c2)ncn1. The van der Waals surface area contributed by atoms with Crippen molar-refractivity contribution in [3.63, 3.8) is 0 Å². The first kappa shape index (κ1) is 15.0. The monoisotopic (exact) mass is 284 g/mol. The predicted octanol–water partition coefficient (Wildman–Crippen LogP) is 3.06. The number of anilines is 2. The maximum atomic E-state index is 12.0. The molecule has 110 valence electrons. The van der Waals surface area contributed by atoms with Crippen LogP contribution in [0.1, 0.15) is 36.3 Å². The highest BCUT2D eigenvalue weighted by molar-refractivity contribution is 5.93. The number of benzene rings is 1. The molecule has 0 saturated carbocycles. The van der Waals surface area contributed by atoms with Crippen LogP contribution in [0.15, 0.2) is 36.7 Å². The third-order valence-electron chi connectivity index (χ3n) is 3.18. The van der Waals surface area contributed by atoms with Crippen LogP contribution in [0.3, 0.4) is 0 Å². The van der Waals surface area contributed by atoms with Crippen LogP contribution >= 0.6 is 0 Å². The van der Waals surface area contributed by atoms with Gasteiger partial charge in [0.25, 0.3) is 5.91 Å². The lowest BCUT2D eigenvalue weighted by Crippen LogP contribution is -2.32. The Morgan fingerprint density at radius 3 is 2.81 bits per heavy atom. The average molecular weight is 284 g/mol. The Morgan fingerprint density at radius 1 is 1.29 bits per heavy atom. The van der Waals surface area contributed by atoms with Gasteiger partial charge < -0.3 is 10.6 Å². The van der Waals surface area contributed by atoms with Crippen LogP contribution in [-0.4, -0.2) is 21.9 Å². The molecule has 0 fully saturated rings. The zero-order valence-corrected chi connectivity index (χ0v) is 12.6. The highest BCUT2D eigenvalue weighted by atomic mass is 16.1. The molecule has 0 bridgehead atoms. The number of carbonyl (C=O) groups excluding carboxylic acids is 1. The minimum atomic E-state index is -0.181. The number of rotatable bonds is 5. The normalized spacial score (nSPS) is 11.8. The third-order valence-corrected chi connectivity index (χ3v) is 3.18. The molecule has 0 aliphatic rings. The molecule has 0 spiro atoms. The highest BCUT2D eigenvalue weighted by Gasteiger charge is 2.11. The van der Waals surface area contributed by atoms with E-state index >= 15 is 0 Å². The van der Waals surface area contributed by atoms with E-state index in [4.69, 9.17) is 0 Å². The lowest BCUT2D eigenvalue weighted by Gasteiger charge is -2.11. The summed E-state index contributed by atoms with van der Waals surface area (Å²) in [7, 11) is 0. The Labute approximate surface area is 124 Å². The van der Waals surface area contributed by atoms with Crippen LogP contribution in [0, 0.1) is 6.92 Å². The van der Waals surface area contributed by atoms with Gasteiger partial charge in [0, 0.05) is 17.8 Å². The van der Waals surface area contributed by atoms with Gasteiger partial charge in [-0.15, -0.1) is 0 Å². The molecule has 2 N–H and O–H groups in total. The average Bonchev–Trinajstić information content (AvgIpc) is 2.47. The van der Waals surface area contributed by atoms with Gasteiger partial charge in [0.15, 0.2) is 0 Å². The smallest absolute Gasteiger partial charge is 0.270 e. The fourth-order valence-electron chi connectivity index (χ4n) is 1.82. The summed E-state index contributed by atoms with van der Waals surface area (Å²) in [6.45, 7) is 6.01. The van der Waals surface area contributed by atoms with E-state index in [2.05, 4.69) is 20.6 Å². The lowest BCUT2D eigenvalue weighted by molar-refractivity contribution is 0.0934. The minimum absolute atomic E-state index is 0.126. The Bertz CT molecular complexity index is 627. The molecule has 1 heterocycles. The minimum Gasteiger partial charge on any atom is -0.348 e. The van der Waals surface area contributed by atoms with Crippen molar-refractivity contribution >= 4 is 17.4 Å². The van der Waals surface area contributed by atoms with E-state index in [0.29, 0.717) is 11.5 Å². The van der Waals surface area contributed by atoms with Crippen molar-refractivity contribution in [2.45, 2.75) is 33.2 Å². The van der Waals surface area contributed by atoms with Crippen molar-refractivity contribution in [1.82, 2.24) is 15.3 Å². The highest BCUT2D eigenvalue weighted by Crippen LogP contribution is 2.15. The molecule has 5 nitrogen and oxygen atoms in total. The molecular weight excluding hydrogens is 264 g/mol. The summed E-state index contributed by atoms with van der Waals surface area (Å²) >= 11 is 0. The van der Waals surface area contributed by atoms with Crippen LogP contribution in [-0.2, 0) is 0 Å². The molecule has 0 saturated heterocycles. The van der Waals surface area contributed by atoms with Gasteiger partial charge in [-0.05, 0) is 38.0 Å². The van der Waals surface area contributed by atoms with E-state index < -0.39 is 0 Å². The van der Waals surface area contributed by atoms with Crippen LogP contribution in [0.2, 0.25) is 0 Å². The van der Waals surface area contributed by atoms with Crippen LogP contribution in [0.25, 0.3) is 0 Å².